The molecule has 4 rings (SSSR count). The highest BCUT2D eigenvalue weighted by molar-refractivity contribution is 6.30. The fraction of sp³-hybridized carbons (Fsp3) is 0.348. The molecule has 3 aromatic rings. The Kier molecular flexibility index (Phi) is 6.34. The number of piperidine rings is 1. The molecule has 0 aliphatic carbocycles. The predicted octanol–water partition coefficient (Wildman–Crippen LogP) is 4.25. The maximum Gasteiger partial charge on any atom is 0.416 e. The highest BCUT2D eigenvalue weighted by Crippen LogP contribution is 2.35. The van der Waals surface area contributed by atoms with Crippen LogP contribution in [-0.4, -0.2) is 39.2 Å². The lowest BCUT2D eigenvalue weighted by Gasteiger charge is -2.32. The summed E-state index contributed by atoms with van der Waals surface area (Å²) in [4.78, 5) is 30.6. The molecule has 1 atom stereocenters. The zero-order valence-corrected chi connectivity index (χ0v) is 18.3. The third-order valence-electron chi connectivity index (χ3n) is 6.10. The van der Waals surface area contributed by atoms with Gasteiger partial charge in [0.2, 0.25) is 11.8 Å². The van der Waals surface area contributed by atoms with E-state index in [1.807, 2.05) is 0 Å². The molecule has 1 aromatic carbocycles. The minimum Gasteiger partial charge on any atom is -0.369 e. The second-order valence-corrected chi connectivity index (χ2v) is 8.63. The number of halogens is 4. The molecule has 2 amide bonds. The van der Waals surface area contributed by atoms with Crippen molar-refractivity contribution in [1.29, 1.82) is 0 Å². The van der Waals surface area contributed by atoms with Crippen LogP contribution in [0.5, 0.6) is 0 Å². The lowest BCUT2D eigenvalue weighted by Crippen LogP contribution is -2.42. The number of aromatic nitrogens is 2. The fourth-order valence-electron chi connectivity index (χ4n) is 4.27. The number of hydrogen-bond acceptors (Lipinski definition) is 3. The quantitative estimate of drug-likeness (QED) is 0.595. The molecule has 174 valence electrons. The van der Waals surface area contributed by atoms with Crippen LogP contribution < -0.4 is 5.73 Å². The monoisotopic (exact) mass is 478 g/mol. The molecule has 1 aliphatic rings. The van der Waals surface area contributed by atoms with Gasteiger partial charge in [-0.15, -0.1) is 0 Å². The number of amides is 2. The van der Waals surface area contributed by atoms with Crippen LogP contribution in [0.15, 0.2) is 48.8 Å². The summed E-state index contributed by atoms with van der Waals surface area (Å²) in [6.07, 6.45) is -0.431. The molecule has 0 saturated carbocycles. The lowest BCUT2D eigenvalue weighted by molar-refractivity contribution is -0.137. The fourth-order valence-corrected chi connectivity index (χ4v) is 4.43. The van der Waals surface area contributed by atoms with Crippen molar-refractivity contribution in [2.24, 2.45) is 11.7 Å². The lowest BCUT2D eigenvalue weighted by atomic mass is 9.90. The summed E-state index contributed by atoms with van der Waals surface area (Å²) in [7, 11) is 0. The summed E-state index contributed by atoms with van der Waals surface area (Å²) in [6, 6.07) is 8.36. The van der Waals surface area contributed by atoms with Gasteiger partial charge >= 0.3 is 6.18 Å². The van der Waals surface area contributed by atoms with Gasteiger partial charge in [0.25, 0.3) is 0 Å². The number of hydrogen-bond donors (Lipinski definition) is 1. The summed E-state index contributed by atoms with van der Waals surface area (Å²) >= 11 is 6.14. The normalized spacial score (nSPS) is 16.2. The van der Waals surface area contributed by atoms with Gasteiger partial charge in [0.15, 0.2) is 0 Å². The van der Waals surface area contributed by atoms with Gasteiger partial charge in [-0.05, 0) is 36.6 Å². The Bertz CT molecular complexity index is 1190. The standard InChI is InChI=1S/C23H22ClF3N4O2/c24-17-4-5-20-29-12-19(31(20)13-17)18(15-2-1-3-16(10-15)23(25,26)27)11-21(32)30-8-6-14(7-9-30)22(28)33/h1-5,10,12-14,18H,6-9,11H2,(H2,28,33). The molecule has 3 heterocycles. The number of alkyl halides is 3. The summed E-state index contributed by atoms with van der Waals surface area (Å²) in [5.41, 5.74) is 6.07. The van der Waals surface area contributed by atoms with Gasteiger partial charge in [0.1, 0.15) is 5.65 Å². The van der Waals surface area contributed by atoms with E-state index >= 15 is 0 Å². The van der Waals surface area contributed by atoms with Crippen molar-refractivity contribution in [2.75, 3.05) is 13.1 Å². The van der Waals surface area contributed by atoms with Crippen molar-refractivity contribution in [1.82, 2.24) is 14.3 Å². The number of nitrogens with two attached hydrogens (primary N) is 1. The Morgan fingerprint density at radius 2 is 1.91 bits per heavy atom. The zero-order valence-electron chi connectivity index (χ0n) is 17.6. The van der Waals surface area contributed by atoms with E-state index in [9.17, 15) is 22.8 Å². The molecular formula is C23H22ClF3N4O2. The number of pyridine rings is 1. The van der Waals surface area contributed by atoms with Gasteiger partial charge in [0.05, 0.1) is 16.3 Å². The number of carbonyl (C=O) groups excluding carboxylic acids is 2. The highest BCUT2D eigenvalue weighted by atomic mass is 35.5. The Morgan fingerprint density at radius 1 is 1.18 bits per heavy atom. The second-order valence-electron chi connectivity index (χ2n) is 8.20. The number of imidazole rings is 1. The molecular weight excluding hydrogens is 457 g/mol. The first-order valence-electron chi connectivity index (χ1n) is 10.5. The topological polar surface area (TPSA) is 80.7 Å². The number of rotatable bonds is 5. The Hall–Kier alpha value is -3.07. The second kappa shape index (κ2) is 9.05. The molecule has 1 unspecified atom stereocenters. The van der Waals surface area contributed by atoms with Crippen LogP contribution in [0.1, 0.15) is 42.0 Å². The molecule has 0 bridgehead atoms. The number of carbonyl (C=O) groups is 2. The van der Waals surface area contributed by atoms with Gasteiger partial charge in [0, 0.05) is 43.7 Å². The third kappa shape index (κ3) is 4.98. The smallest absolute Gasteiger partial charge is 0.369 e. The van der Waals surface area contributed by atoms with Crippen molar-refractivity contribution in [3.05, 3.63) is 70.6 Å². The minimum atomic E-state index is -4.51. The maximum atomic E-state index is 13.4. The molecule has 10 heteroatoms. The minimum absolute atomic E-state index is 0.0527. The van der Waals surface area contributed by atoms with Crippen molar-refractivity contribution in [2.45, 2.75) is 31.4 Å². The SMILES string of the molecule is NC(=O)C1CCN(C(=O)CC(c2cccc(C(F)(F)F)c2)c2cnc3ccc(Cl)cn23)CC1. The van der Waals surface area contributed by atoms with Crippen molar-refractivity contribution in [3.63, 3.8) is 0 Å². The summed E-state index contributed by atoms with van der Waals surface area (Å²) in [5.74, 6) is -1.54. The van der Waals surface area contributed by atoms with E-state index in [4.69, 9.17) is 17.3 Å². The summed E-state index contributed by atoms with van der Waals surface area (Å²) in [6.45, 7) is 0.751. The van der Waals surface area contributed by atoms with Gasteiger partial charge in [-0.2, -0.15) is 13.2 Å². The number of primary amides is 1. The van der Waals surface area contributed by atoms with Crippen LogP contribution in [0.25, 0.3) is 5.65 Å². The molecule has 33 heavy (non-hydrogen) atoms. The number of nitrogens with zero attached hydrogens (tertiary/aromatic N) is 3. The van der Waals surface area contributed by atoms with E-state index in [-0.39, 0.29) is 24.2 Å². The average Bonchev–Trinajstić information content (AvgIpc) is 3.19. The molecule has 2 N–H and O–H groups in total. The summed E-state index contributed by atoms with van der Waals surface area (Å²) < 4.78 is 41.9. The van der Waals surface area contributed by atoms with E-state index in [2.05, 4.69) is 4.98 Å². The van der Waals surface area contributed by atoms with Crippen LogP contribution >= 0.6 is 11.6 Å². The summed E-state index contributed by atoms with van der Waals surface area (Å²) in [5, 5.41) is 0.435. The van der Waals surface area contributed by atoms with Crippen LogP contribution in [0.3, 0.4) is 0 Å². The average molecular weight is 479 g/mol. The van der Waals surface area contributed by atoms with E-state index in [1.54, 1.807) is 39.9 Å². The molecule has 1 saturated heterocycles. The Labute approximate surface area is 193 Å². The predicted molar refractivity (Wildman–Crippen MR) is 117 cm³/mol. The van der Waals surface area contributed by atoms with Crippen molar-refractivity contribution < 1.29 is 22.8 Å². The van der Waals surface area contributed by atoms with E-state index in [0.29, 0.717) is 47.9 Å². The molecule has 1 aliphatic heterocycles. The van der Waals surface area contributed by atoms with Crippen LogP contribution in [0.4, 0.5) is 13.2 Å². The number of likely N-dealkylation sites (tertiary alicyclic amines) is 1. The van der Waals surface area contributed by atoms with Crippen LogP contribution in [-0.2, 0) is 15.8 Å². The Morgan fingerprint density at radius 3 is 2.58 bits per heavy atom. The molecule has 0 radical (unpaired) electrons. The van der Waals surface area contributed by atoms with E-state index in [0.717, 1.165) is 12.1 Å². The number of benzene rings is 1. The molecule has 6 nitrogen and oxygen atoms in total. The highest BCUT2D eigenvalue weighted by Gasteiger charge is 2.33. The van der Waals surface area contributed by atoms with E-state index in [1.165, 1.54) is 6.07 Å². The largest absolute Gasteiger partial charge is 0.416 e. The molecule has 2 aromatic heterocycles. The zero-order chi connectivity index (χ0) is 23.8. The first-order valence-corrected chi connectivity index (χ1v) is 10.9. The third-order valence-corrected chi connectivity index (χ3v) is 6.32. The van der Waals surface area contributed by atoms with Gasteiger partial charge in [-0.3, -0.25) is 9.59 Å². The molecule has 1 fully saturated rings. The van der Waals surface area contributed by atoms with Gasteiger partial charge in [-0.25, -0.2) is 4.98 Å². The first kappa shape index (κ1) is 23.1. The van der Waals surface area contributed by atoms with E-state index < -0.39 is 17.7 Å². The van der Waals surface area contributed by atoms with Gasteiger partial charge < -0.3 is 15.0 Å². The first-order chi connectivity index (χ1) is 15.6. The Balaban J connectivity index is 1.69. The van der Waals surface area contributed by atoms with Gasteiger partial charge in [-0.1, -0.05) is 29.8 Å². The van der Waals surface area contributed by atoms with Crippen LogP contribution in [0, 0.1) is 5.92 Å². The maximum absolute atomic E-state index is 13.4. The molecule has 0 spiro atoms. The van der Waals surface area contributed by atoms with Crippen molar-refractivity contribution >= 4 is 29.1 Å². The van der Waals surface area contributed by atoms with Crippen molar-refractivity contribution in [3.8, 4) is 0 Å². The number of fused-ring (bicyclic) bond motifs is 1. The van der Waals surface area contributed by atoms with Crippen LogP contribution in [0.2, 0.25) is 5.02 Å².